The number of likely N-dealkylation sites (N-methyl/N-ethyl adjacent to an activating group) is 1. The van der Waals surface area contributed by atoms with E-state index in [1.165, 1.54) is 0 Å². The molecule has 2 unspecified atom stereocenters. The lowest BCUT2D eigenvalue weighted by Crippen LogP contribution is -2.47. The van der Waals surface area contributed by atoms with Crippen LogP contribution in [0.3, 0.4) is 0 Å². The molecule has 0 aliphatic carbocycles. The van der Waals surface area contributed by atoms with Crippen molar-refractivity contribution in [1.29, 1.82) is 0 Å². The number of carbonyl (C=O) groups excluding carboxylic acids is 1. The maximum atomic E-state index is 11.8. The van der Waals surface area contributed by atoms with Crippen molar-refractivity contribution in [3.63, 3.8) is 0 Å². The first-order chi connectivity index (χ1) is 7.27. The number of hydrogen-bond donors (Lipinski definition) is 1. The summed E-state index contributed by atoms with van der Waals surface area (Å²) in [5, 5.41) is 2.96. The van der Waals surface area contributed by atoms with E-state index in [9.17, 15) is 4.79 Å². The molecule has 2 saturated heterocycles. The quantitative estimate of drug-likeness (QED) is 0.714. The summed E-state index contributed by atoms with van der Waals surface area (Å²) in [5.74, 6) is 0. The highest BCUT2D eigenvalue weighted by molar-refractivity contribution is 5.74. The van der Waals surface area contributed by atoms with Gasteiger partial charge in [-0.25, -0.2) is 4.79 Å². The van der Waals surface area contributed by atoms with Gasteiger partial charge in [-0.1, -0.05) is 0 Å². The molecule has 2 fully saturated rings. The Morgan fingerprint density at radius 3 is 2.60 bits per heavy atom. The monoisotopic (exact) mass is 214 g/mol. The second-order valence-corrected chi connectivity index (χ2v) is 4.14. The average Bonchev–Trinajstić information content (AvgIpc) is 2.88. The van der Waals surface area contributed by atoms with Crippen LogP contribution in [0.15, 0.2) is 0 Å². The Morgan fingerprint density at radius 2 is 2.00 bits per heavy atom. The van der Waals surface area contributed by atoms with Crippen LogP contribution in [0.25, 0.3) is 0 Å². The normalized spacial score (nSPS) is 30.5. The SMILES string of the molecule is CN(C(=O)NC1CCOC1)C1CCOC1. The number of nitrogens with zero attached hydrogens (tertiary/aromatic N) is 1. The molecule has 2 aliphatic heterocycles. The van der Waals surface area contributed by atoms with Crippen LogP contribution in [0.2, 0.25) is 0 Å². The molecule has 2 amide bonds. The maximum Gasteiger partial charge on any atom is 0.317 e. The number of hydrogen-bond acceptors (Lipinski definition) is 3. The van der Waals surface area contributed by atoms with Crippen LogP contribution in [0, 0.1) is 0 Å². The Labute approximate surface area is 89.7 Å². The van der Waals surface area contributed by atoms with Crippen LogP contribution in [-0.2, 0) is 9.47 Å². The van der Waals surface area contributed by atoms with Gasteiger partial charge >= 0.3 is 6.03 Å². The predicted octanol–water partition coefficient (Wildman–Crippen LogP) is 0.206. The third kappa shape index (κ3) is 2.60. The van der Waals surface area contributed by atoms with E-state index in [0.29, 0.717) is 13.2 Å². The van der Waals surface area contributed by atoms with Crippen LogP contribution < -0.4 is 5.32 Å². The minimum atomic E-state index is -0.0130. The summed E-state index contributed by atoms with van der Waals surface area (Å²) in [6.45, 7) is 2.81. The zero-order valence-electron chi connectivity index (χ0n) is 9.07. The van der Waals surface area contributed by atoms with Gasteiger partial charge in [-0.3, -0.25) is 0 Å². The first kappa shape index (κ1) is 10.7. The first-order valence-electron chi connectivity index (χ1n) is 5.46. The lowest BCUT2D eigenvalue weighted by atomic mass is 10.2. The topological polar surface area (TPSA) is 50.8 Å². The fourth-order valence-electron chi connectivity index (χ4n) is 1.92. The number of carbonyl (C=O) groups is 1. The largest absolute Gasteiger partial charge is 0.379 e. The standard InChI is InChI=1S/C10H18N2O3/c1-12(9-3-5-15-7-9)10(13)11-8-2-4-14-6-8/h8-9H,2-7H2,1H3,(H,11,13). The molecule has 2 atom stereocenters. The zero-order valence-corrected chi connectivity index (χ0v) is 9.07. The summed E-state index contributed by atoms with van der Waals surface area (Å²) >= 11 is 0. The zero-order chi connectivity index (χ0) is 10.7. The number of rotatable bonds is 2. The van der Waals surface area contributed by atoms with E-state index < -0.39 is 0 Å². The smallest absolute Gasteiger partial charge is 0.317 e. The summed E-state index contributed by atoms with van der Waals surface area (Å²) in [6, 6.07) is 0.399. The molecule has 2 rings (SSSR count). The Morgan fingerprint density at radius 1 is 1.27 bits per heavy atom. The molecule has 0 aromatic rings. The molecule has 0 saturated carbocycles. The van der Waals surface area contributed by atoms with Crippen LogP contribution in [0.1, 0.15) is 12.8 Å². The minimum Gasteiger partial charge on any atom is -0.379 e. The fourth-order valence-corrected chi connectivity index (χ4v) is 1.92. The molecule has 1 N–H and O–H groups in total. The average molecular weight is 214 g/mol. The van der Waals surface area contributed by atoms with E-state index >= 15 is 0 Å². The van der Waals surface area contributed by atoms with Crippen molar-refractivity contribution in [2.24, 2.45) is 0 Å². The molecule has 2 aliphatic rings. The molecule has 5 nitrogen and oxygen atoms in total. The van der Waals surface area contributed by atoms with Crippen LogP contribution in [-0.4, -0.2) is 56.5 Å². The summed E-state index contributed by atoms with van der Waals surface area (Å²) in [4.78, 5) is 13.5. The molecule has 2 heterocycles. The second kappa shape index (κ2) is 4.81. The number of urea groups is 1. The molecule has 0 spiro atoms. The fraction of sp³-hybridized carbons (Fsp3) is 0.900. The van der Waals surface area contributed by atoms with Gasteiger partial charge in [0.1, 0.15) is 0 Å². The summed E-state index contributed by atoms with van der Waals surface area (Å²) < 4.78 is 10.5. The Bertz CT molecular complexity index is 223. The number of amides is 2. The van der Waals surface area contributed by atoms with E-state index in [1.807, 2.05) is 7.05 Å². The first-order valence-corrected chi connectivity index (χ1v) is 5.46. The van der Waals surface area contributed by atoms with E-state index in [4.69, 9.17) is 9.47 Å². The highest BCUT2D eigenvalue weighted by atomic mass is 16.5. The molecule has 0 aromatic heterocycles. The summed E-state index contributed by atoms with van der Waals surface area (Å²) in [6.07, 6.45) is 1.85. The Kier molecular flexibility index (Phi) is 3.43. The van der Waals surface area contributed by atoms with Gasteiger partial charge in [0.05, 0.1) is 25.3 Å². The highest BCUT2D eigenvalue weighted by Gasteiger charge is 2.26. The molecule has 5 heteroatoms. The highest BCUT2D eigenvalue weighted by Crippen LogP contribution is 2.11. The molecular formula is C10H18N2O3. The van der Waals surface area contributed by atoms with Gasteiger partial charge in [-0.15, -0.1) is 0 Å². The third-order valence-corrected chi connectivity index (χ3v) is 3.03. The molecule has 15 heavy (non-hydrogen) atoms. The lowest BCUT2D eigenvalue weighted by Gasteiger charge is -2.25. The van der Waals surface area contributed by atoms with E-state index in [2.05, 4.69) is 5.32 Å². The van der Waals surface area contributed by atoms with Crippen molar-refractivity contribution in [3.8, 4) is 0 Å². The maximum absolute atomic E-state index is 11.8. The molecule has 86 valence electrons. The van der Waals surface area contributed by atoms with Crippen LogP contribution in [0.4, 0.5) is 4.79 Å². The van der Waals surface area contributed by atoms with Crippen molar-refractivity contribution in [2.45, 2.75) is 24.9 Å². The van der Waals surface area contributed by atoms with E-state index in [0.717, 1.165) is 26.1 Å². The van der Waals surface area contributed by atoms with Gasteiger partial charge < -0.3 is 19.7 Å². The van der Waals surface area contributed by atoms with Crippen molar-refractivity contribution in [1.82, 2.24) is 10.2 Å². The van der Waals surface area contributed by atoms with Gasteiger partial charge in [-0.05, 0) is 12.8 Å². The van der Waals surface area contributed by atoms with Crippen molar-refractivity contribution in [3.05, 3.63) is 0 Å². The van der Waals surface area contributed by atoms with E-state index in [1.54, 1.807) is 4.90 Å². The van der Waals surface area contributed by atoms with Gasteiger partial charge in [-0.2, -0.15) is 0 Å². The van der Waals surface area contributed by atoms with Crippen LogP contribution in [0.5, 0.6) is 0 Å². The van der Waals surface area contributed by atoms with Crippen LogP contribution >= 0.6 is 0 Å². The van der Waals surface area contributed by atoms with Gasteiger partial charge in [0.2, 0.25) is 0 Å². The Hall–Kier alpha value is -0.810. The van der Waals surface area contributed by atoms with Gasteiger partial charge in [0.15, 0.2) is 0 Å². The van der Waals surface area contributed by atoms with Crippen molar-refractivity contribution < 1.29 is 14.3 Å². The third-order valence-electron chi connectivity index (χ3n) is 3.03. The number of ether oxygens (including phenoxy) is 2. The minimum absolute atomic E-state index is 0.0130. The predicted molar refractivity (Wildman–Crippen MR) is 54.7 cm³/mol. The number of nitrogens with one attached hydrogen (secondary N) is 1. The molecular weight excluding hydrogens is 196 g/mol. The molecule has 0 bridgehead atoms. The molecule has 0 aromatic carbocycles. The Balaban J connectivity index is 1.78. The summed E-state index contributed by atoms with van der Waals surface area (Å²) in [5.41, 5.74) is 0. The summed E-state index contributed by atoms with van der Waals surface area (Å²) in [7, 11) is 1.82. The van der Waals surface area contributed by atoms with Gasteiger partial charge in [0, 0.05) is 20.3 Å². The molecule has 0 radical (unpaired) electrons. The van der Waals surface area contributed by atoms with Crippen molar-refractivity contribution in [2.75, 3.05) is 33.5 Å². The van der Waals surface area contributed by atoms with Gasteiger partial charge in [0.25, 0.3) is 0 Å². The van der Waals surface area contributed by atoms with Crippen molar-refractivity contribution >= 4 is 6.03 Å². The lowest BCUT2D eigenvalue weighted by molar-refractivity contribution is 0.153. The van der Waals surface area contributed by atoms with E-state index in [-0.39, 0.29) is 18.1 Å². The second-order valence-electron chi connectivity index (χ2n) is 4.14.